The molecule has 0 heterocycles. The number of amides is 1. The van der Waals surface area contributed by atoms with Crippen molar-refractivity contribution >= 4 is 53.5 Å². The average molecular weight is 833 g/mol. The van der Waals surface area contributed by atoms with Gasteiger partial charge in [0.15, 0.2) is 5.66 Å². The van der Waals surface area contributed by atoms with Crippen molar-refractivity contribution in [2.75, 3.05) is 14.2 Å². The molecule has 1 amide bonds. The summed E-state index contributed by atoms with van der Waals surface area (Å²) in [6.07, 6.45) is 2.47. The summed E-state index contributed by atoms with van der Waals surface area (Å²) in [7, 11) is -6.99. The fourth-order valence-electron chi connectivity index (χ4n) is 6.10. The quantitative estimate of drug-likeness (QED) is 0.0684. The van der Waals surface area contributed by atoms with E-state index in [2.05, 4.69) is 15.9 Å². The van der Waals surface area contributed by atoms with E-state index in [0.717, 1.165) is 14.7 Å². The summed E-state index contributed by atoms with van der Waals surface area (Å²) in [5.41, 5.74) is -2.71. The monoisotopic (exact) mass is 831 g/mol. The molecule has 0 bridgehead atoms. The maximum atomic E-state index is 15.3. The number of hydroxylamine groups is 2. The molecule has 52 heavy (non-hydrogen) atoms. The smallest absolute Gasteiger partial charge is 0.302 e. The lowest BCUT2D eigenvalue weighted by atomic mass is 9.80. The standard InChI is InChI=1S/C36H35BrClN3O9S2/c1-35(38)23-28(37)22-33(34(42)41(43)44)36(35,39(24-26-10-6-4-7-11-26)51(45,46)31-18-14-29(49-2)15-19-31)40(25-27-12-8-5-9-13-27)52(47,48)32-20-16-30(50-3)17-21-32/h4-23,43-44H,24-25H2,1-3H3. The molecule has 0 spiro atoms. The first-order chi connectivity index (χ1) is 24.6. The Balaban J connectivity index is 1.99. The molecule has 12 nitrogen and oxygen atoms in total. The molecular weight excluding hydrogens is 798 g/mol. The van der Waals surface area contributed by atoms with Gasteiger partial charge in [0, 0.05) is 17.6 Å². The van der Waals surface area contributed by atoms with Gasteiger partial charge in [-0.05, 0) is 78.7 Å². The molecule has 4 aromatic carbocycles. The van der Waals surface area contributed by atoms with Crippen molar-refractivity contribution in [3.05, 3.63) is 143 Å². The lowest BCUT2D eigenvalue weighted by molar-refractivity contribution is -0.283. The van der Waals surface area contributed by atoms with Crippen molar-refractivity contribution in [2.24, 2.45) is 0 Å². The van der Waals surface area contributed by atoms with Gasteiger partial charge in [-0.25, -0.2) is 16.8 Å². The van der Waals surface area contributed by atoms with Gasteiger partial charge in [0.1, 0.15) is 11.5 Å². The zero-order valence-electron chi connectivity index (χ0n) is 28.1. The summed E-state index contributed by atoms with van der Waals surface area (Å²) in [6, 6.07) is 27.3. The van der Waals surface area contributed by atoms with Gasteiger partial charge in [0.05, 0.1) is 34.5 Å². The van der Waals surface area contributed by atoms with Gasteiger partial charge < -0.3 is 9.47 Å². The third-order valence-electron chi connectivity index (χ3n) is 8.52. The van der Waals surface area contributed by atoms with Gasteiger partial charge >= 0.3 is 5.91 Å². The highest BCUT2D eigenvalue weighted by Gasteiger charge is 2.66. The van der Waals surface area contributed by atoms with Crippen molar-refractivity contribution in [2.45, 2.75) is 40.3 Å². The highest BCUT2D eigenvalue weighted by Crippen LogP contribution is 2.53. The second-order valence-electron chi connectivity index (χ2n) is 11.8. The maximum absolute atomic E-state index is 15.3. The number of rotatable bonds is 13. The Kier molecular flexibility index (Phi) is 11.7. The second-order valence-corrected chi connectivity index (χ2v) is 17.2. The molecule has 1 aliphatic carbocycles. The van der Waals surface area contributed by atoms with Crippen molar-refractivity contribution in [1.29, 1.82) is 0 Å². The van der Waals surface area contributed by atoms with Crippen LogP contribution in [0.2, 0.25) is 0 Å². The SMILES string of the molecule is COc1ccc(S(=O)(=O)N(Cc2ccccc2)C2(N(Cc3ccccc3)S(=O)(=O)c3ccc(OC)cc3)C(C(=O)N(O)O)=CC(Br)=CC2(C)Cl)cc1. The van der Waals surface area contributed by atoms with E-state index in [9.17, 15) is 15.2 Å². The van der Waals surface area contributed by atoms with Gasteiger partial charge in [-0.15, -0.1) is 11.6 Å². The van der Waals surface area contributed by atoms with E-state index in [1.807, 2.05) is 0 Å². The Morgan fingerprint density at radius 3 is 1.44 bits per heavy atom. The highest BCUT2D eigenvalue weighted by atomic mass is 79.9. The molecule has 2 N–H and O–H groups in total. The predicted molar refractivity (Wildman–Crippen MR) is 197 cm³/mol. The van der Waals surface area contributed by atoms with Crippen LogP contribution in [0.5, 0.6) is 11.5 Å². The fraction of sp³-hybridized carbons (Fsp3) is 0.194. The molecule has 16 heteroatoms. The molecule has 0 aliphatic heterocycles. The molecule has 5 rings (SSSR count). The maximum Gasteiger partial charge on any atom is 0.302 e. The van der Waals surface area contributed by atoms with Crippen molar-refractivity contribution in [3.63, 3.8) is 0 Å². The first-order valence-corrected chi connectivity index (χ1v) is 19.6. The van der Waals surface area contributed by atoms with E-state index in [1.165, 1.54) is 75.8 Å². The molecule has 0 aromatic heterocycles. The van der Waals surface area contributed by atoms with Crippen LogP contribution in [0.15, 0.2) is 141 Å². The van der Waals surface area contributed by atoms with Crippen LogP contribution in [0.1, 0.15) is 18.1 Å². The summed E-state index contributed by atoms with van der Waals surface area (Å²) >= 11 is 10.8. The molecule has 1 unspecified atom stereocenters. The number of alkyl halides is 1. The lowest BCUT2D eigenvalue weighted by Gasteiger charge is -2.56. The van der Waals surface area contributed by atoms with E-state index in [-0.39, 0.29) is 14.3 Å². The summed E-state index contributed by atoms with van der Waals surface area (Å²) in [5.74, 6) is -0.868. The van der Waals surface area contributed by atoms with Crippen LogP contribution in [-0.2, 0) is 37.9 Å². The number of ether oxygens (including phenoxy) is 2. The van der Waals surface area contributed by atoms with Crippen molar-refractivity contribution in [1.82, 2.24) is 13.8 Å². The molecule has 1 atom stereocenters. The third kappa shape index (κ3) is 7.40. The number of nitrogens with zero attached hydrogens (tertiary/aromatic N) is 3. The fourth-order valence-corrected chi connectivity index (χ4v) is 11.1. The number of hydrogen-bond donors (Lipinski definition) is 2. The summed E-state index contributed by atoms with van der Waals surface area (Å²) in [5, 5.41) is 19.9. The molecular formula is C36H35BrClN3O9S2. The molecule has 0 saturated heterocycles. The van der Waals surface area contributed by atoms with Crippen LogP contribution in [0.4, 0.5) is 0 Å². The number of hydrogen-bond acceptors (Lipinski definition) is 9. The normalized spacial score (nSPS) is 17.3. The minimum atomic E-state index is -4.91. The van der Waals surface area contributed by atoms with Crippen LogP contribution >= 0.6 is 27.5 Å². The Labute approximate surface area is 315 Å². The van der Waals surface area contributed by atoms with E-state index in [4.69, 9.17) is 21.1 Å². The Bertz CT molecular complexity index is 2060. The van der Waals surface area contributed by atoms with Crippen molar-refractivity contribution < 1.29 is 41.5 Å². The van der Waals surface area contributed by atoms with Crippen LogP contribution in [0, 0.1) is 0 Å². The van der Waals surface area contributed by atoms with Crippen LogP contribution in [0.25, 0.3) is 0 Å². The van der Waals surface area contributed by atoms with Gasteiger partial charge in [-0.1, -0.05) is 81.8 Å². The number of carbonyl (C=O) groups is 1. The Morgan fingerprint density at radius 1 is 0.712 bits per heavy atom. The van der Waals surface area contributed by atoms with Crippen LogP contribution in [-0.4, -0.2) is 71.8 Å². The van der Waals surface area contributed by atoms with Crippen molar-refractivity contribution in [3.8, 4) is 11.5 Å². The minimum Gasteiger partial charge on any atom is -0.497 e. The number of sulfonamides is 2. The zero-order chi connectivity index (χ0) is 37.9. The number of halogens is 2. The Hall–Kier alpha value is -4.06. The molecule has 4 aromatic rings. The van der Waals surface area contributed by atoms with E-state index in [1.54, 1.807) is 60.7 Å². The van der Waals surface area contributed by atoms with Gasteiger partial charge in [0.2, 0.25) is 20.0 Å². The molecule has 274 valence electrons. The van der Waals surface area contributed by atoms with E-state index in [0.29, 0.717) is 22.6 Å². The molecule has 0 saturated carbocycles. The number of methoxy groups -OCH3 is 2. The summed E-state index contributed by atoms with van der Waals surface area (Å²) < 4.78 is 73.6. The molecule has 0 radical (unpaired) electrons. The number of allylic oxidation sites excluding steroid dienone is 2. The minimum absolute atomic E-state index is 0.133. The highest BCUT2D eigenvalue weighted by molar-refractivity contribution is 9.11. The van der Waals surface area contributed by atoms with Gasteiger partial charge in [0.25, 0.3) is 0 Å². The van der Waals surface area contributed by atoms with Crippen LogP contribution < -0.4 is 9.47 Å². The van der Waals surface area contributed by atoms with Crippen LogP contribution in [0.3, 0.4) is 0 Å². The van der Waals surface area contributed by atoms with Gasteiger partial charge in [-0.2, -0.15) is 8.61 Å². The topological polar surface area (TPSA) is 154 Å². The predicted octanol–water partition coefficient (Wildman–Crippen LogP) is 6.31. The van der Waals surface area contributed by atoms with Gasteiger partial charge in [-0.3, -0.25) is 15.2 Å². The van der Waals surface area contributed by atoms with E-state index >= 15 is 16.8 Å². The lowest BCUT2D eigenvalue weighted by Crippen LogP contribution is -2.74. The average Bonchev–Trinajstić information content (AvgIpc) is 3.13. The molecule has 1 aliphatic rings. The summed E-state index contributed by atoms with van der Waals surface area (Å²) in [4.78, 5) is 11.4. The largest absolute Gasteiger partial charge is 0.497 e. The summed E-state index contributed by atoms with van der Waals surface area (Å²) in [6.45, 7) is 0.250. The van der Waals surface area contributed by atoms with E-state index < -0.39 is 60.4 Å². The number of benzene rings is 4. The third-order valence-corrected chi connectivity index (χ3v) is 13.0. The Morgan fingerprint density at radius 2 is 1.10 bits per heavy atom. The zero-order valence-corrected chi connectivity index (χ0v) is 32.1. The number of carbonyl (C=O) groups excluding carboxylic acids is 1. The first kappa shape index (κ1) is 39.2. The second kappa shape index (κ2) is 15.5. The molecule has 0 fully saturated rings. The first-order valence-electron chi connectivity index (χ1n) is 15.5.